The van der Waals surface area contributed by atoms with Gasteiger partial charge in [0.2, 0.25) is 5.95 Å². The molecular formula is C9H11ClN6O2. The first-order valence-electron chi connectivity index (χ1n) is 5.49. The van der Waals surface area contributed by atoms with Gasteiger partial charge in [-0.25, -0.2) is 4.79 Å². The number of halogens is 1. The van der Waals surface area contributed by atoms with E-state index < -0.39 is 0 Å². The smallest absolute Gasteiger partial charge is 0.410 e. The fourth-order valence-corrected chi connectivity index (χ4v) is 2.20. The average Bonchev–Trinajstić information content (AvgIpc) is 2.74. The molecule has 2 aliphatic heterocycles. The van der Waals surface area contributed by atoms with Gasteiger partial charge < -0.3 is 15.4 Å². The molecule has 0 aliphatic carbocycles. The summed E-state index contributed by atoms with van der Waals surface area (Å²) < 4.78 is 4.98. The molecule has 18 heavy (non-hydrogen) atoms. The van der Waals surface area contributed by atoms with Crippen LogP contribution in [0.15, 0.2) is 0 Å². The third-order valence-electron chi connectivity index (χ3n) is 3.06. The molecule has 2 N–H and O–H groups in total. The van der Waals surface area contributed by atoms with E-state index in [0.29, 0.717) is 32.2 Å². The molecule has 1 aromatic heterocycles. The van der Waals surface area contributed by atoms with E-state index in [9.17, 15) is 4.79 Å². The zero-order valence-corrected chi connectivity index (χ0v) is 10.2. The maximum Gasteiger partial charge on any atom is 0.410 e. The van der Waals surface area contributed by atoms with Crippen molar-refractivity contribution in [2.75, 3.05) is 36.9 Å². The Morgan fingerprint density at radius 1 is 1.39 bits per heavy atom. The van der Waals surface area contributed by atoms with Gasteiger partial charge in [-0.3, -0.25) is 4.90 Å². The number of nitrogens with two attached hydrogens (primary N) is 1. The Balaban J connectivity index is 1.78. The normalized spacial score (nSPS) is 22.9. The number of hydrogen-bond acceptors (Lipinski definition) is 7. The van der Waals surface area contributed by atoms with Gasteiger partial charge in [0.15, 0.2) is 11.0 Å². The van der Waals surface area contributed by atoms with Gasteiger partial charge in [-0.2, -0.15) is 4.98 Å². The predicted molar refractivity (Wildman–Crippen MR) is 63.3 cm³/mol. The summed E-state index contributed by atoms with van der Waals surface area (Å²) in [4.78, 5) is 19.1. The molecule has 2 saturated heterocycles. The van der Waals surface area contributed by atoms with E-state index in [-0.39, 0.29) is 23.1 Å². The molecule has 0 aromatic carbocycles. The third-order valence-corrected chi connectivity index (χ3v) is 3.33. The number of hydrogen-bond donors (Lipinski definition) is 1. The molecule has 3 rings (SSSR count). The maximum atomic E-state index is 11.4. The van der Waals surface area contributed by atoms with Crippen LogP contribution in [-0.4, -0.2) is 58.5 Å². The van der Waals surface area contributed by atoms with Crippen molar-refractivity contribution in [2.45, 2.75) is 6.04 Å². The van der Waals surface area contributed by atoms with Crippen molar-refractivity contribution in [2.24, 2.45) is 0 Å². The lowest BCUT2D eigenvalue weighted by Gasteiger charge is -2.35. The van der Waals surface area contributed by atoms with Gasteiger partial charge in [-0.05, 0) is 0 Å². The van der Waals surface area contributed by atoms with Crippen LogP contribution in [0.5, 0.6) is 0 Å². The number of aromatic nitrogens is 3. The van der Waals surface area contributed by atoms with Crippen molar-refractivity contribution in [3.8, 4) is 0 Å². The highest BCUT2D eigenvalue weighted by Crippen LogP contribution is 2.21. The Labute approximate surface area is 108 Å². The van der Waals surface area contributed by atoms with Crippen molar-refractivity contribution in [1.29, 1.82) is 0 Å². The van der Waals surface area contributed by atoms with E-state index in [1.807, 2.05) is 4.90 Å². The summed E-state index contributed by atoms with van der Waals surface area (Å²) in [5.41, 5.74) is 5.59. The lowest BCUT2D eigenvalue weighted by Crippen LogP contribution is -2.52. The number of rotatable bonds is 1. The quantitative estimate of drug-likeness (QED) is 0.751. The van der Waals surface area contributed by atoms with Crippen molar-refractivity contribution in [1.82, 2.24) is 20.1 Å². The van der Waals surface area contributed by atoms with Gasteiger partial charge in [0.05, 0.1) is 6.04 Å². The summed E-state index contributed by atoms with van der Waals surface area (Å²) in [6, 6.07) is 0.0340. The molecule has 1 amide bonds. The number of carbonyl (C=O) groups is 1. The van der Waals surface area contributed by atoms with Crippen molar-refractivity contribution < 1.29 is 9.53 Å². The van der Waals surface area contributed by atoms with Crippen molar-refractivity contribution in [3.63, 3.8) is 0 Å². The monoisotopic (exact) mass is 270 g/mol. The molecule has 2 aliphatic rings. The molecule has 0 bridgehead atoms. The summed E-state index contributed by atoms with van der Waals surface area (Å²) >= 11 is 5.68. The van der Waals surface area contributed by atoms with E-state index in [1.54, 1.807) is 4.90 Å². The fraction of sp³-hybridized carbons (Fsp3) is 0.556. The van der Waals surface area contributed by atoms with Crippen LogP contribution < -0.4 is 10.6 Å². The van der Waals surface area contributed by atoms with Crippen LogP contribution >= 0.6 is 11.6 Å². The van der Waals surface area contributed by atoms with E-state index in [2.05, 4.69) is 15.2 Å². The van der Waals surface area contributed by atoms with E-state index in [4.69, 9.17) is 22.1 Å². The molecule has 8 nitrogen and oxygen atoms in total. The van der Waals surface area contributed by atoms with Gasteiger partial charge in [-0.15, -0.1) is 10.2 Å². The minimum absolute atomic E-state index is 0.0340. The highest BCUT2D eigenvalue weighted by Gasteiger charge is 2.38. The Kier molecular flexibility index (Phi) is 2.58. The second-order valence-corrected chi connectivity index (χ2v) is 4.52. The van der Waals surface area contributed by atoms with Gasteiger partial charge in [0, 0.05) is 19.6 Å². The molecule has 0 spiro atoms. The standard InChI is InChI=1S/C9H11ClN6O2/c10-6-7(11)12-8(14-13-6)15-1-2-16-5(3-15)4-18-9(16)17/h5H,1-4H2,(H2,11,12,14)/t5-/m0/s1. The number of anilines is 2. The molecule has 0 saturated carbocycles. The lowest BCUT2D eigenvalue weighted by atomic mass is 10.2. The average molecular weight is 271 g/mol. The van der Waals surface area contributed by atoms with Crippen LogP contribution in [0.25, 0.3) is 0 Å². The lowest BCUT2D eigenvalue weighted by molar-refractivity contribution is 0.157. The number of nitrogens with zero attached hydrogens (tertiary/aromatic N) is 5. The SMILES string of the molecule is Nc1nc(N2CCN3C(=O)OC[C@@H]3C2)nnc1Cl. The fourth-order valence-electron chi connectivity index (χ4n) is 2.12. The molecular weight excluding hydrogens is 260 g/mol. The summed E-state index contributed by atoms with van der Waals surface area (Å²) in [5, 5.41) is 7.73. The molecule has 0 unspecified atom stereocenters. The van der Waals surface area contributed by atoms with Gasteiger partial charge in [0.1, 0.15) is 6.61 Å². The molecule has 2 fully saturated rings. The summed E-state index contributed by atoms with van der Waals surface area (Å²) in [7, 11) is 0. The second-order valence-electron chi connectivity index (χ2n) is 4.16. The summed E-state index contributed by atoms with van der Waals surface area (Å²) in [5.74, 6) is 0.582. The van der Waals surface area contributed by atoms with Crippen molar-refractivity contribution in [3.05, 3.63) is 5.15 Å². The van der Waals surface area contributed by atoms with Crippen LogP contribution in [0.1, 0.15) is 0 Å². The van der Waals surface area contributed by atoms with Crippen LogP contribution in [-0.2, 0) is 4.74 Å². The first-order chi connectivity index (χ1) is 8.65. The number of nitrogen functional groups attached to an aromatic ring is 1. The van der Waals surface area contributed by atoms with Crippen molar-refractivity contribution >= 4 is 29.5 Å². The number of ether oxygens (including phenoxy) is 1. The van der Waals surface area contributed by atoms with Crippen LogP contribution in [0.2, 0.25) is 5.15 Å². The molecule has 0 radical (unpaired) electrons. The summed E-state index contributed by atoms with van der Waals surface area (Å²) in [6.45, 7) is 2.20. The van der Waals surface area contributed by atoms with Gasteiger partial charge in [0.25, 0.3) is 0 Å². The zero-order valence-electron chi connectivity index (χ0n) is 9.41. The van der Waals surface area contributed by atoms with Crippen LogP contribution in [0, 0.1) is 0 Å². The van der Waals surface area contributed by atoms with Crippen LogP contribution in [0.4, 0.5) is 16.6 Å². The topological polar surface area (TPSA) is 97.5 Å². The second kappa shape index (κ2) is 4.13. The Morgan fingerprint density at radius 2 is 2.22 bits per heavy atom. The first kappa shape index (κ1) is 11.3. The highest BCUT2D eigenvalue weighted by atomic mass is 35.5. The Bertz CT molecular complexity index is 498. The summed E-state index contributed by atoms with van der Waals surface area (Å²) in [6.07, 6.45) is -0.255. The largest absolute Gasteiger partial charge is 0.447 e. The first-order valence-corrected chi connectivity index (χ1v) is 5.87. The Hall–Kier alpha value is -1.83. The number of fused-ring (bicyclic) bond motifs is 1. The third kappa shape index (κ3) is 1.78. The highest BCUT2D eigenvalue weighted by molar-refractivity contribution is 6.31. The number of cyclic esters (lactones) is 1. The predicted octanol–water partition coefficient (Wildman–Crippen LogP) is -0.252. The number of carbonyl (C=O) groups excluding carboxylic acids is 1. The minimum atomic E-state index is -0.255. The molecule has 3 heterocycles. The van der Waals surface area contributed by atoms with Crippen LogP contribution in [0.3, 0.4) is 0 Å². The maximum absolute atomic E-state index is 11.4. The molecule has 1 aromatic rings. The molecule has 9 heteroatoms. The van der Waals surface area contributed by atoms with Gasteiger partial charge in [-0.1, -0.05) is 11.6 Å². The van der Waals surface area contributed by atoms with Gasteiger partial charge >= 0.3 is 6.09 Å². The minimum Gasteiger partial charge on any atom is -0.447 e. The molecule has 96 valence electrons. The number of piperazine rings is 1. The van der Waals surface area contributed by atoms with E-state index in [1.165, 1.54) is 0 Å². The van der Waals surface area contributed by atoms with E-state index in [0.717, 1.165) is 0 Å². The zero-order chi connectivity index (χ0) is 12.7. The molecule has 1 atom stereocenters. The Morgan fingerprint density at radius 3 is 3.00 bits per heavy atom. The van der Waals surface area contributed by atoms with E-state index >= 15 is 0 Å². The number of amides is 1.